The molecular weight excluding hydrogens is 254 g/mol. The lowest BCUT2D eigenvalue weighted by Crippen LogP contribution is -2.32. The molecule has 6 heteroatoms. The van der Waals surface area contributed by atoms with Crippen molar-refractivity contribution in [2.45, 2.75) is 13.3 Å². The zero-order chi connectivity index (χ0) is 14.2. The van der Waals surface area contributed by atoms with E-state index in [1.54, 1.807) is 18.6 Å². The molecule has 0 aromatic carbocycles. The van der Waals surface area contributed by atoms with Crippen LogP contribution in [0.5, 0.6) is 0 Å². The summed E-state index contributed by atoms with van der Waals surface area (Å²) in [5.74, 6) is -0.121. The van der Waals surface area contributed by atoms with Gasteiger partial charge < -0.3 is 10.6 Å². The minimum absolute atomic E-state index is 0.121. The number of hydrogen-bond acceptors (Lipinski definition) is 4. The number of aromatic nitrogens is 3. The number of pyridine rings is 1. The summed E-state index contributed by atoms with van der Waals surface area (Å²) in [5.41, 5.74) is 2.16. The number of hydrogen-bond donors (Lipinski definition) is 3. The van der Waals surface area contributed by atoms with Crippen molar-refractivity contribution >= 4 is 5.91 Å². The summed E-state index contributed by atoms with van der Waals surface area (Å²) in [7, 11) is 0. The lowest BCUT2D eigenvalue weighted by Gasteiger charge is -2.06. The van der Waals surface area contributed by atoms with Crippen LogP contribution in [0.3, 0.4) is 0 Å². The lowest BCUT2D eigenvalue weighted by molar-refractivity contribution is 0.0954. The Kier molecular flexibility index (Phi) is 5.25. The van der Waals surface area contributed by atoms with E-state index in [2.05, 4.69) is 32.7 Å². The summed E-state index contributed by atoms with van der Waals surface area (Å²) < 4.78 is 0. The van der Waals surface area contributed by atoms with Crippen molar-refractivity contribution in [1.29, 1.82) is 0 Å². The van der Waals surface area contributed by atoms with E-state index in [0.29, 0.717) is 17.8 Å². The fourth-order valence-corrected chi connectivity index (χ4v) is 1.86. The monoisotopic (exact) mass is 273 g/mol. The van der Waals surface area contributed by atoms with Gasteiger partial charge in [0.05, 0.1) is 17.5 Å². The minimum atomic E-state index is -0.121. The first-order valence-corrected chi connectivity index (χ1v) is 6.75. The first kappa shape index (κ1) is 14.2. The average Bonchev–Trinajstić information content (AvgIpc) is 2.97. The summed E-state index contributed by atoms with van der Waals surface area (Å²) in [6, 6.07) is 3.68. The first-order valence-electron chi connectivity index (χ1n) is 6.75. The van der Waals surface area contributed by atoms with Crippen LogP contribution < -0.4 is 10.6 Å². The van der Waals surface area contributed by atoms with E-state index in [-0.39, 0.29) is 5.91 Å². The van der Waals surface area contributed by atoms with Gasteiger partial charge in [-0.15, -0.1) is 0 Å². The van der Waals surface area contributed by atoms with Gasteiger partial charge in [0.1, 0.15) is 0 Å². The van der Waals surface area contributed by atoms with Gasteiger partial charge in [0, 0.05) is 31.0 Å². The van der Waals surface area contributed by atoms with Crippen LogP contribution in [0.1, 0.15) is 23.7 Å². The van der Waals surface area contributed by atoms with Gasteiger partial charge in [-0.05, 0) is 25.1 Å². The number of amides is 1. The van der Waals surface area contributed by atoms with Gasteiger partial charge in [-0.3, -0.25) is 14.9 Å². The van der Waals surface area contributed by atoms with E-state index in [1.807, 2.05) is 12.1 Å². The van der Waals surface area contributed by atoms with Crippen LogP contribution in [-0.4, -0.2) is 40.7 Å². The Morgan fingerprint density at radius 3 is 2.80 bits per heavy atom. The van der Waals surface area contributed by atoms with Crippen molar-refractivity contribution in [3.05, 3.63) is 36.3 Å². The highest BCUT2D eigenvalue weighted by Crippen LogP contribution is 2.19. The van der Waals surface area contributed by atoms with Crippen LogP contribution in [0, 0.1) is 0 Å². The number of nitrogens with one attached hydrogen (secondary N) is 3. The van der Waals surface area contributed by atoms with Gasteiger partial charge in [-0.2, -0.15) is 5.10 Å². The molecule has 0 aliphatic heterocycles. The number of rotatable bonds is 7. The fourth-order valence-electron chi connectivity index (χ4n) is 1.86. The van der Waals surface area contributed by atoms with E-state index >= 15 is 0 Å². The molecule has 2 aromatic heterocycles. The van der Waals surface area contributed by atoms with Crippen molar-refractivity contribution in [3.63, 3.8) is 0 Å². The molecule has 0 saturated heterocycles. The number of carbonyl (C=O) groups is 1. The number of carbonyl (C=O) groups excluding carboxylic acids is 1. The lowest BCUT2D eigenvalue weighted by atomic mass is 10.1. The number of aromatic amines is 1. The zero-order valence-corrected chi connectivity index (χ0v) is 11.5. The summed E-state index contributed by atoms with van der Waals surface area (Å²) in [6.45, 7) is 4.43. The summed E-state index contributed by atoms with van der Waals surface area (Å²) >= 11 is 0. The molecule has 0 fully saturated rings. The SMILES string of the molecule is CCCNCCNC(=O)c1cn[nH]c1-c1ccncc1. The Balaban J connectivity index is 1.96. The maximum Gasteiger partial charge on any atom is 0.255 e. The molecule has 0 aliphatic carbocycles. The van der Waals surface area contributed by atoms with Crippen LogP contribution >= 0.6 is 0 Å². The van der Waals surface area contributed by atoms with Crippen LogP contribution in [-0.2, 0) is 0 Å². The van der Waals surface area contributed by atoms with Crippen LogP contribution in [0.2, 0.25) is 0 Å². The molecule has 0 spiro atoms. The largest absolute Gasteiger partial charge is 0.351 e. The maximum atomic E-state index is 12.1. The minimum Gasteiger partial charge on any atom is -0.351 e. The molecule has 0 aliphatic rings. The van der Waals surface area contributed by atoms with Gasteiger partial charge in [-0.1, -0.05) is 6.92 Å². The van der Waals surface area contributed by atoms with Crippen LogP contribution in [0.25, 0.3) is 11.3 Å². The number of H-pyrrole nitrogens is 1. The molecule has 1 amide bonds. The Bertz CT molecular complexity index is 538. The average molecular weight is 273 g/mol. The highest BCUT2D eigenvalue weighted by molar-refractivity contribution is 5.99. The molecule has 0 atom stereocenters. The fraction of sp³-hybridized carbons (Fsp3) is 0.357. The summed E-state index contributed by atoms with van der Waals surface area (Å²) in [5, 5.41) is 12.9. The van der Waals surface area contributed by atoms with Gasteiger partial charge in [0.15, 0.2) is 0 Å². The predicted molar refractivity (Wildman–Crippen MR) is 77.3 cm³/mol. The third kappa shape index (κ3) is 3.64. The molecule has 0 unspecified atom stereocenters. The smallest absolute Gasteiger partial charge is 0.255 e. The second kappa shape index (κ2) is 7.40. The second-order valence-electron chi connectivity index (χ2n) is 4.40. The standard InChI is InChI=1S/C14H19N5O/c1-2-5-15-8-9-17-14(20)12-10-18-19-13(12)11-3-6-16-7-4-11/h3-4,6-7,10,15H,2,5,8-9H2,1H3,(H,17,20)(H,18,19). The molecule has 3 N–H and O–H groups in total. The topological polar surface area (TPSA) is 82.7 Å². The molecule has 106 valence electrons. The molecule has 2 rings (SSSR count). The quantitative estimate of drug-likeness (QED) is 0.662. The van der Waals surface area contributed by atoms with Gasteiger partial charge in [0.25, 0.3) is 5.91 Å². The predicted octanol–water partition coefficient (Wildman–Crippen LogP) is 1.20. The normalized spacial score (nSPS) is 10.4. The summed E-state index contributed by atoms with van der Waals surface area (Å²) in [4.78, 5) is 16.1. The van der Waals surface area contributed by atoms with Gasteiger partial charge in [0.2, 0.25) is 0 Å². The summed E-state index contributed by atoms with van der Waals surface area (Å²) in [6.07, 6.45) is 6.01. The van der Waals surface area contributed by atoms with Crippen molar-refractivity contribution in [1.82, 2.24) is 25.8 Å². The Morgan fingerprint density at radius 2 is 2.05 bits per heavy atom. The number of nitrogens with zero attached hydrogens (tertiary/aromatic N) is 2. The van der Waals surface area contributed by atoms with E-state index in [1.165, 1.54) is 0 Å². The van der Waals surface area contributed by atoms with E-state index in [9.17, 15) is 4.79 Å². The van der Waals surface area contributed by atoms with E-state index < -0.39 is 0 Å². The second-order valence-corrected chi connectivity index (χ2v) is 4.40. The van der Waals surface area contributed by atoms with E-state index in [4.69, 9.17) is 0 Å². The third-order valence-electron chi connectivity index (χ3n) is 2.87. The third-order valence-corrected chi connectivity index (χ3v) is 2.87. The van der Waals surface area contributed by atoms with Gasteiger partial charge >= 0.3 is 0 Å². The molecule has 0 radical (unpaired) electrons. The van der Waals surface area contributed by atoms with Crippen molar-refractivity contribution in [2.24, 2.45) is 0 Å². The highest BCUT2D eigenvalue weighted by Gasteiger charge is 2.14. The maximum absolute atomic E-state index is 12.1. The Morgan fingerprint density at radius 1 is 1.25 bits per heavy atom. The molecule has 6 nitrogen and oxygen atoms in total. The zero-order valence-electron chi connectivity index (χ0n) is 11.5. The van der Waals surface area contributed by atoms with E-state index in [0.717, 1.165) is 25.1 Å². The van der Waals surface area contributed by atoms with Crippen LogP contribution in [0.4, 0.5) is 0 Å². The molecule has 2 aromatic rings. The van der Waals surface area contributed by atoms with Crippen LogP contribution in [0.15, 0.2) is 30.7 Å². The van der Waals surface area contributed by atoms with Crippen molar-refractivity contribution in [3.8, 4) is 11.3 Å². The Hall–Kier alpha value is -2.21. The van der Waals surface area contributed by atoms with Crippen molar-refractivity contribution < 1.29 is 4.79 Å². The Labute approximate surface area is 118 Å². The molecule has 0 bridgehead atoms. The molecule has 2 heterocycles. The van der Waals surface area contributed by atoms with Gasteiger partial charge in [-0.25, -0.2) is 0 Å². The molecule has 0 saturated carbocycles. The first-order chi connectivity index (χ1) is 9.83. The highest BCUT2D eigenvalue weighted by atomic mass is 16.1. The van der Waals surface area contributed by atoms with Crippen molar-refractivity contribution in [2.75, 3.05) is 19.6 Å². The molecular formula is C14H19N5O. The molecule has 20 heavy (non-hydrogen) atoms.